The molecule has 0 amide bonds. The van der Waals surface area contributed by atoms with E-state index < -0.39 is 5.60 Å². The number of benzene rings is 2. The molecule has 0 aromatic heterocycles. The zero-order valence-corrected chi connectivity index (χ0v) is 10.8. The molecular weight excluding hydrogens is 224 g/mol. The first-order valence-electron chi connectivity index (χ1n) is 5.98. The van der Waals surface area contributed by atoms with Gasteiger partial charge in [0.25, 0.3) is 0 Å². The van der Waals surface area contributed by atoms with Gasteiger partial charge in [-0.05, 0) is 11.1 Å². The molecule has 0 unspecified atom stereocenters. The molecule has 0 saturated heterocycles. The Bertz CT molecular complexity index is 425. The van der Waals surface area contributed by atoms with Gasteiger partial charge in [0.2, 0.25) is 0 Å². The van der Waals surface area contributed by atoms with E-state index in [2.05, 4.69) is 24.3 Å². The number of rotatable bonds is 5. The number of ether oxygens (including phenoxy) is 2. The van der Waals surface area contributed by atoms with E-state index in [1.807, 2.05) is 36.4 Å². The molecule has 2 rings (SSSR count). The third kappa shape index (κ3) is 2.30. The van der Waals surface area contributed by atoms with Crippen molar-refractivity contribution in [2.75, 3.05) is 20.8 Å². The summed E-state index contributed by atoms with van der Waals surface area (Å²) in [5.74, 6) is 0. The van der Waals surface area contributed by atoms with Crippen molar-refractivity contribution in [3.63, 3.8) is 0 Å². The molecule has 18 heavy (non-hydrogen) atoms. The highest BCUT2D eigenvalue weighted by Crippen LogP contribution is 2.33. The van der Waals surface area contributed by atoms with Gasteiger partial charge in [-0.1, -0.05) is 60.7 Å². The van der Waals surface area contributed by atoms with Crippen molar-refractivity contribution in [2.45, 2.75) is 5.60 Å². The quantitative estimate of drug-likeness (QED) is 0.801. The van der Waals surface area contributed by atoms with Crippen LogP contribution in [0.2, 0.25) is 0 Å². The van der Waals surface area contributed by atoms with E-state index in [4.69, 9.17) is 9.47 Å². The first kappa shape index (κ1) is 12.8. The molecule has 0 aliphatic heterocycles. The molecule has 0 atom stereocenters. The third-order valence-electron chi connectivity index (χ3n) is 3.18. The van der Waals surface area contributed by atoms with Crippen molar-refractivity contribution < 1.29 is 9.47 Å². The fourth-order valence-corrected chi connectivity index (χ4v) is 2.25. The van der Waals surface area contributed by atoms with Gasteiger partial charge in [0.1, 0.15) is 5.60 Å². The number of methoxy groups -OCH3 is 2. The maximum atomic E-state index is 5.83. The minimum absolute atomic E-state index is 0.484. The summed E-state index contributed by atoms with van der Waals surface area (Å²) in [6.07, 6.45) is 0. The Morgan fingerprint density at radius 2 is 1.22 bits per heavy atom. The summed E-state index contributed by atoms with van der Waals surface area (Å²) in [5, 5.41) is 0. The van der Waals surface area contributed by atoms with Gasteiger partial charge >= 0.3 is 0 Å². The average molecular weight is 242 g/mol. The second kappa shape index (κ2) is 5.80. The second-order valence-electron chi connectivity index (χ2n) is 4.20. The lowest BCUT2D eigenvalue weighted by Gasteiger charge is -2.32. The predicted molar refractivity (Wildman–Crippen MR) is 72.5 cm³/mol. The fourth-order valence-electron chi connectivity index (χ4n) is 2.25. The largest absolute Gasteiger partial charge is 0.381 e. The molecule has 0 bridgehead atoms. The summed E-state index contributed by atoms with van der Waals surface area (Å²) in [6.45, 7) is 0.484. The Labute approximate surface area is 108 Å². The van der Waals surface area contributed by atoms with Gasteiger partial charge in [-0.25, -0.2) is 0 Å². The Hall–Kier alpha value is -1.64. The highest BCUT2D eigenvalue weighted by atomic mass is 16.5. The molecule has 0 radical (unpaired) electrons. The van der Waals surface area contributed by atoms with Gasteiger partial charge in [-0.15, -0.1) is 0 Å². The number of hydrogen-bond donors (Lipinski definition) is 0. The molecule has 2 aromatic rings. The van der Waals surface area contributed by atoms with Gasteiger partial charge < -0.3 is 9.47 Å². The van der Waals surface area contributed by atoms with E-state index in [0.717, 1.165) is 11.1 Å². The highest BCUT2D eigenvalue weighted by molar-refractivity contribution is 5.36. The summed E-state index contributed by atoms with van der Waals surface area (Å²) < 4.78 is 11.2. The maximum absolute atomic E-state index is 5.83. The maximum Gasteiger partial charge on any atom is 0.141 e. The second-order valence-corrected chi connectivity index (χ2v) is 4.20. The van der Waals surface area contributed by atoms with Crippen LogP contribution in [0, 0.1) is 0 Å². The number of hydrogen-bond acceptors (Lipinski definition) is 2. The molecule has 2 heteroatoms. The predicted octanol–water partition coefficient (Wildman–Crippen LogP) is 3.22. The van der Waals surface area contributed by atoms with Gasteiger partial charge in [-0.3, -0.25) is 0 Å². The molecule has 0 heterocycles. The van der Waals surface area contributed by atoms with Crippen molar-refractivity contribution >= 4 is 0 Å². The lowest BCUT2D eigenvalue weighted by molar-refractivity contribution is -0.0388. The molecule has 2 aromatic carbocycles. The molecule has 0 fully saturated rings. The Morgan fingerprint density at radius 3 is 1.56 bits per heavy atom. The summed E-state index contributed by atoms with van der Waals surface area (Å²) in [4.78, 5) is 0. The SMILES string of the molecule is COCC(OC)(c1ccccc1)c1ccccc1. The van der Waals surface area contributed by atoms with Crippen molar-refractivity contribution in [1.82, 2.24) is 0 Å². The topological polar surface area (TPSA) is 18.5 Å². The Kier molecular flexibility index (Phi) is 4.13. The summed E-state index contributed by atoms with van der Waals surface area (Å²) >= 11 is 0. The Balaban J connectivity index is 2.53. The van der Waals surface area contributed by atoms with Crippen LogP contribution in [0.5, 0.6) is 0 Å². The first-order chi connectivity index (χ1) is 8.83. The summed E-state index contributed by atoms with van der Waals surface area (Å²) in [6, 6.07) is 20.3. The van der Waals surface area contributed by atoms with Gasteiger partial charge in [0.15, 0.2) is 0 Å². The minimum atomic E-state index is -0.544. The van der Waals surface area contributed by atoms with Crippen LogP contribution in [0.4, 0.5) is 0 Å². The van der Waals surface area contributed by atoms with Crippen LogP contribution in [0.1, 0.15) is 11.1 Å². The van der Waals surface area contributed by atoms with Crippen LogP contribution >= 0.6 is 0 Å². The molecule has 0 spiro atoms. The average Bonchev–Trinajstić information content (AvgIpc) is 2.47. The van der Waals surface area contributed by atoms with Crippen LogP contribution in [-0.4, -0.2) is 20.8 Å². The molecule has 0 saturated carbocycles. The van der Waals surface area contributed by atoms with Gasteiger partial charge in [-0.2, -0.15) is 0 Å². The smallest absolute Gasteiger partial charge is 0.141 e. The standard InChI is InChI=1S/C16H18O2/c1-17-13-16(18-2,14-9-5-3-6-10-14)15-11-7-4-8-12-15/h3-12H,13H2,1-2H3. The van der Waals surface area contributed by atoms with E-state index in [1.165, 1.54) is 0 Å². The van der Waals surface area contributed by atoms with Crippen LogP contribution in [0.3, 0.4) is 0 Å². The minimum Gasteiger partial charge on any atom is -0.381 e. The highest BCUT2D eigenvalue weighted by Gasteiger charge is 2.34. The van der Waals surface area contributed by atoms with E-state index in [0.29, 0.717) is 6.61 Å². The lowest BCUT2D eigenvalue weighted by atomic mass is 9.87. The summed E-state index contributed by atoms with van der Waals surface area (Å²) in [7, 11) is 3.42. The van der Waals surface area contributed by atoms with Crippen molar-refractivity contribution in [2.24, 2.45) is 0 Å². The lowest BCUT2D eigenvalue weighted by Crippen LogP contribution is -2.35. The summed E-state index contributed by atoms with van der Waals surface area (Å²) in [5.41, 5.74) is 1.65. The molecule has 0 N–H and O–H groups in total. The zero-order chi connectivity index (χ0) is 12.8. The van der Waals surface area contributed by atoms with Crippen molar-refractivity contribution in [3.8, 4) is 0 Å². The molecule has 0 aliphatic carbocycles. The van der Waals surface area contributed by atoms with E-state index in [1.54, 1.807) is 14.2 Å². The molecule has 0 aliphatic rings. The molecule has 94 valence electrons. The van der Waals surface area contributed by atoms with E-state index in [9.17, 15) is 0 Å². The van der Waals surface area contributed by atoms with Crippen LogP contribution < -0.4 is 0 Å². The van der Waals surface area contributed by atoms with Crippen LogP contribution in [0.15, 0.2) is 60.7 Å². The van der Waals surface area contributed by atoms with Crippen LogP contribution in [-0.2, 0) is 15.1 Å². The van der Waals surface area contributed by atoms with Crippen molar-refractivity contribution in [3.05, 3.63) is 71.8 Å². The van der Waals surface area contributed by atoms with E-state index >= 15 is 0 Å². The third-order valence-corrected chi connectivity index (χ3v) is 3.18. The van der Waals surface area contributed by atoms with E-state index in [-0.39, 0.29) is 0 Å². The normalized spacial score (nSPS) is 11.4. The first-order valence-corrected chi connectivity index (χ1v) is 5.98. The Morgan fingerprint density at radius 1 is 0.778 bits per heavy atom. The van der Waals surface area contributed by atoms with Gasteiger partial charge in [0, 0.05) is 14.2 Å². The van der Waals surface area contributed by atoms with Crippen molar-refractivity contribution in [1.29, 1.82) is 0 Å². The zero-order valence-electron chi connectivity index (χ0n) is 10.8. The molecular formula is C16H18O2. The fraction of sp³-hybridized carbons (Fsp3) is 0.250. The monoisotopic (exact) mass is 242 g/mol. The molecule has 2 nitrogen and oxygen atoms in total. The van der Waals surface area contributed by atoms with Gasteiger partial charge in [0.05, 0.1) is 6.61 Å². The van der Waals surface area contributed by atoms with Crippen LogP contribution in [0.25, 0.3) is 0 Å².